The minimum atomic E-state index is -0.159. The molecule has 0 nitrogen and oxygen atoms in total. The van der Waals surface area contributed by atoms with E-state index in [1.54, 1.807) is 0 Å². The fourth-order valence-electron chi connectivity index (χ4n) is 11.6. The summed E-state index contributed by atoms with van der Waals surface area (Å²) in [6.07, 6.45) is 0. The van der Waals surface area contributed by atoms with Gasteiger partial charge in [0.2, 0.25) is 0 Å². The van der Waals surface area contributed by atoms with Gasteiger partial charge in [-0.05, 0) is 172 Å². The Bertz CT molecular complexity index is 4030. The Labute approximate surface area is 353 Å². The molecule has 282 valence electrons. The predicted molar refractivity (Wildman–Crippen MR) is 264 cm³/mol. The van der Waals surface area contributed by atoms with Crippen molar-refractivity contribution in [3.63, 3.8) is 0 Å². The van der Waals surface area contributed by atoms with Gasteiger partial charge in [0, 0.05) is 5.41 Å². The molecule has 13 aromatic rings. The van der Waals surface area contributed by atoms with Gasteiger partial charge in [0.25, 0.3) is 0 Å². The van der Waals surface area contributed by atoms with Crippen molar-refractivity contribution in [2.45, 2.75) is 19.3 Å². The maximum Gasteiger partial charge on any atom is 0.0159 e. The van der Waals surface area contributed by atoms with E-state index in [4.69, 9.17) is 0 Å². The highest BCUT2D eigenvalue weighted by Crippen LogP contribution is 2.54. The Balaban J connectivity index is 0.930. The van der Waals surface area contributed by atoms with Crippen molar-refractivity contribution in [3.05, 3.63) is 205 Å². The van der Waals surface area contributed by atoms with E-state index < -0.39 is 0 Å². The molecule has 0 atom stereocenters. The predicted octanol–water partition coefficient (Wildman–Crippen LogP) is 17.1. The summed E-state index contributed by atoms with van der Waals surface area (Å²) in [4.78, 5) is 0. The zero-order valence-electron chi connectivity index (χ0n) is 34.0. The van der Waals surface area contributed by atoms with Gasteiger partial charge in [0.15, 0.2) is 0 Å². The van der Waals surface area contributed by atoms with E-state index in [9.17, 15) is 0 Å². The Kier molecular flexibility index (Phi) is 6.45. The average Bonchev–Trinajstić information content (AvgIpc) is 3.53. The van der Waals surface area contributed by atoms with Crippen LogP contribution in [0.4, 0.5) is 0 Å². The first kappa shape index (κ1) is 33.3. The highest BCUT2D eigenvalue weighted by atomic mass is 14.4. The number of hydrogen-bond acceptors (Lipinski definition) is 0. The summed E-state index contributed by atoms with van der Waals surface area (Å²) in [5.74, 6) is 0. The van der Waals surface area contributed by atoms with E-state index >= 15 is 0 Å². The number of fused-ring (bicyclic) bond motifs is 15. The van der Waals surface area contributed by atoms with Crippen LogP contribution < -0.4 is 0 Å². The molecule has 0 aromatic heterocycles. The molecule has 61 heavy (non-hydrogen) atoms. The zero-order valence-corrected chi connectivity index (χ0v) is 34.0. The molecule has 0 aliphatic heterocycles. The summed E-state index contributed by atoms with van der Waals surface area (Å²) in [6, 6.07) is 73.7. The fourth-order valence-corrected chi connectivity index (χ4v) is 11.6. The minimum Gasteiger partial charge on any atom is -0.0616 e. The lowest BCUT2D eigenvalue weighted by molar-refractivity contribution is 0.662. The smallest absolute Gasteiger partial charge is 0.0159 e. The van der Waals surface area contributed by atoms with Crippen LogP contribution >= 0.6 is 0 Å². The van der Waals surface area contributed by atoms with E-state index in [-0.39, 0.29) is 5.41 Å². The van der Waals surface area contributed by atoms with Gasteiger partial charge in [0.1, 0.15) is 0 Å². The molecule has 13 aromatic carbocycles. The van der Waals surface area contributed by atoms with Crippen LogP contribution in [0.5, 0.6) is 0 Å². The van der Waals surface area contributed by atoms with Crippen molar-refractivity contribution in [2.24, 2.45) is 0 Å². The summed E-state index contributed by atoms with van der Waals surface area (Å²) in [6.45, 7) is 4.85. The lowest BCUT2D eigenvalue weighted by Gasteiger charge is -2.23. The molecule has 0 spiro atoms. The monoisotopic (exact) mass is 770 g/mol. The third-order valence-electron chi connectivity index (χ3n) is 14.6. The van der Waals surface area contributed by atoms with Gasteiger partial charge >= 0.3 is 0 Å². The summed E-state index contributed by atoms with van der Waals surface area (Å²) >= 11 is 0. The maximum absolute atomic E-state index is 2.53. The maximum atomic E-state index is 2.53. The molecule has 0 heteroatoms. The first-order valence-electron chi connectivity index (χ1n) is 21.6. The Hall–Kier alpha value is -7.54. The van der Waals surface area contributed by atoms with Crippen LogP contribution in [0.3, 0.4) is 0 Å². The first-order chi connectivity index (χ1) is 30.0. The van der Waals surface area contributed by atoms with Crippen LogP contribution in [0.15, 0.2) is 194 Å². The second kappa shape index (κ2) is 11.8. The van der Waals surface area contributed by atoms with Crippen LogP contribution in [-0.4, -0.2) is 0 Å². The van der Waals surface area contributed by atoms with Gasteiger partial charge in [0.05, 0.1) is 0 Å². The van der Waals surface area contributed by atoms with Crippen LogP contribution in [0.2, 0.25) is 0 Å². The standard InChI is InChI=1S/C61H38/c1-61(2)57-33-53-45-15-6-4-13-43(45)42-12-3-5-14-44(42)51(53)31-55(57)56-32-52-47-17-8-7-16-46(47)50-30-40(26-28-48(50)54(52)34-58(56)61)35-18-20-36(21-19-35)41-27-24-39-23-22-37-10-9-11-38-25-29-49(41)60(39)59(37)38/h3-34H,1-2H3. The summed E-state index contributed by atoms with van der Waals surface area (Å²) in [5, 5.41) is 23.7. The number of hydrogen-bond donors (Lipinski definition) is 0. The average molecular weight is 771 g/mol. The zero-order chi connectivity index (χ0) is 40.1. The Morgan fingerprint density at radius 3 is 1.20 bits per heavy atom. The van der Waals surface area contributed by atoms with Crippen molar-refractivity contribution < 1.29 is 0 Å². The summed E-state index contributed by atoms with van der Waals surface area (Å²) in [5.41, 5.74) is 10.4. The Morgan fingerprint density at radius 2 is 0.639 bits per heavy atom. The third kappa shape index (κ3) is 4.44. The molecule has 0 N–H and O–H groups in total. The van der Waals surface area contributed by atoms with Gasteiger partial charge < -0.3 is 0 Å². The van der Waals surface area contributed by atoms with Crippen molar-refractivity contribution in [2.75, 3.05) is 0 Å². The quantitative estimate of drug-likeness (QED) is 0.154. The fraction of sp³-hybridized carbons (Fsp3) is 0.0492. The highest BCUT2D eigenvalue weighted by Gasteiger charge is 2.37. The molecule has 0 saturated heterocycles. The number of benzene rings is 13. The molecule has 14 rings (SSSR count). The van der Waals surface area contributed by atoms with Crippen molar-refractivity contribution in [1.82, 2.24) is 0 Å². The molecule has 0 amide bonds. The second-order valence-corrected chi connectivity index (χ2v) is 18.0. The SMILES string of the molecule is CC1(C)c2cc3c4ccccc4c4ccccc4c3cc2-c2cc3c4ccccc4c4cc(-c5ccc(-c6ccc7ccc8cccc9ccc6c7c89)cc5)ccc4c3cc21. The molecular formula is C61H38. The van der Waals surface area contributed by atoms with Gasteiger partial charge in [-0.3, -0.25) is 0 Å². The summed E-state index contributed by atoms with van der Waals surface area (Å²) in [7, 11) is 0. The molecule has 0 fully saturated rings. The lowest BCUT2D eigenvalue weighted by Crippen LogP contribution is -2.15. The molecule has 0 radical (unpaired) electrons. The van der Waals surface area contributed by atoms with E-state index in [1.807, 2.05) is 0 Å². The Morgan fingerprint density at radius 1 is 0.246 bits per heavy atom. The normalized spacial score (nSPS) is 13.5. The molecule has 1 aliphatic carbocycles. The molecule has 0 bridgehead atoms. The van der Waals surface area contributed by atoms with E-state index in [1.165, 1.54) is 141 Å². The van der Waals surface area contributed by atoms with Crippen LogP contribution in [0, 0.1) is 0 Å². The van der Waals surface area contributed by atoms with Gasteiger partial charge in [-0.25, -0.2) is 0 Å². The van der Waals surface area contributed by atoms with Crippen molar-refractivity contribution in [3.8, 4) is 33.4 Å². The van der Waals surface area contributed by atoms with E-state index in [2.05, 4.69) is 208 Å². The van der Waals surface area contributed by atoms with E-state index in [0.29, 0.717) is 0 Å². The molecule has 0 saturated carbocycles. The molecule has 0 heterocycles. The molecular weight excluding hydrogens is 733 g/mol. The van der Waals surface area contributed by atoms with Gasteiger partial charge in [-0.15, -0.1) is 0 Å². The minimum absolute atomic E-state index is 0.159. The van der Waals surface area contributed by atoms with Gasteiger partial charge in [-0.2, -0.15) is 0 Å². The van der Waals surface area contributed by atoms with Gasteiger partial charge in [-0.1, -0.05) is 178 Å². The topological polar surface area (TPSA) is 0 Å². The summed E-state index contributed by atoms with van der Waals surface area (Å²) < 4.78 is 0. The van der Waals surface area contributed by atoms with Crippen molar-refractivity contribution in [1.29, 1.82) is 0 Å². The first-order valence-corrected chi connectivity index (χ1v) is 21.6. The number of rotatable bonds is 2. The molecule has 1 aliphatic rings. The second-order valence-electron chi connectivity index (χ2n) is 18.0. The van der Waals surface area contributed by atoms with Crippen LogP contribution in [0.1, 0.15) is 25.0 Å². The molecule has 0 unspecified atom stereocenters. The van der Waals surface area contributed by atoms with E-state index in [0.717, 1.165) is 0 Å². The highest BCUT2D eigenvalue weighted by molar-refractivity contribution is 6.29. The van der Waals surface area contributed by atoms with Crippen LogP contribution in [0.25, 0.3) is 130 Å². The van der Waals surface area contributed by atoms with Crippen LogP contribution in [-0.2, 0) is 5.41 Å². The third-order valence-corrected chi connectivity index (χ3v) is 14.6. The lowest BCUT2D eigenvalue weighted by atomic mass is 9.80. The largest absolute Gasteiger partial charge is 0.0616 e. The van der Waals surface area contributed by atoms with Crippen molar-refractivity contribution >= 4 is 97.0 Å².